The van der Waals surface area contributed by atoms with Crippen LogP contribution in [0.15, 0.2) is 0 Å². The fraction of sp³-hybridized carbons (Fsp3) is 0.857. The Bertz CT molecular complexity index is 449. The highest BCUT2D eigenvalue weighted by Gasteiger charge is 2.47. The lowest BCUT2D eigenvalue weighted by molar-refractivity contribution is -0.575. The molecule has 1 saturated heterocycles. The number of piperidine rings is 1. The summed E-state index contributed by atoms with van der Waals surface area (Å²) < 4.78 is 5.28. The number of hydrogen-bond donors (Lipinski definition) is 0. The van der Waals surface area contributed by atoms with Crippen molar-refractivity contribution >= 4 is 22.9 Å². The highest BCUT2D eigenvalue weighted by atomic mass is 35.5. The van der Waals surface area contributed by atoms with Gasteiger partial charge in [0.25, 0.3) is 0 Å². The van der Waals surface area contributed by atoms with Gasteiger partial charge in [0.15, 0.2) is 0 Å². The molecule has 0 saturated carbocycles. The second kappa shape index (κ2) is 7.26. The summed E-state index contributed by atoms with van der Waals surface area (Å²) >= 11 is 5.28. The van der Waals surface area contributed by atoms with Crippen LogP contribution in [0.2, 0.25) is 0 Å². The van der Waals surface area contributed by atoms with Crippen LogP contribution in [0.3, 0.4) is 0 Å². The molecular weight excluding hydrogens is 312 g/mol. The van der Waals surface area contributed by atoms with E-state index in [0.717, 1.165) is 0 Å². The summed E-state index contributed by atoms with van der Waals surface area (Å²) in [4.78, 5) is 35.5. The molecule has 126 valence electrons. The number of nitrogens with zero attached hydrogens (tertiary/aromatic N) is 2. The van der Waals surface area contributed by atoms with Crippen LogP contribution in [-0.4, -0.2) is 45.4 Å². The van der Waals surface area contributed by atoms with Crippen LogP contribution in [0.5, 0.6) is 0 Å². The predicted molar refractivity (Wildman–Crippen MR) is 81.5 cm³/mol. The smallest absolute Gasteiger partial charge is 0.410 e. The summed E-state index contributed by atoms with van der Waals surface area (Å²) in [6, 6.07) is 0. The Morgan fingerprint density at radius 1 is 1.41 bits per heavy atom. The van der Waals surface area contributed by atoms with Gasteiger partial charge >= 0.3 is 6.09 Å². The van der Waals surface area contributed by atoms with Crippen LogP contribution >= 0.6 is 11.6 Å². The molecule has 7 nitrogen and oxygen atoms in total. The van der Waals surface area contributed by atoms with Gasteiger partial charge in [-0.15, -0.1) is 0 Å². The van der Waals surface area contributed by atoms with Gasteiger partial charge in [-0.05, 0) is 45.2 Å². The molecule has 1 aliphatic heterocycles. The van der Waals surface area contributed by atoms with Crippen molar-refractivity contribution in [3.05, 3.63) is 10.1 Å². The monoisotopic (exact) mass is 334 g/mol. The maximum Gasteiger partial charge on any atom is 0.410 e. The largest absolute Gasteiger partial charge is 0.444 e. The molecule has 0 N–H and O–H groups in total. The molecule has 1 unspecified atom stereocenters. The number of hydrogen-bond acceptors (Lipinski definition) is 5. The standard InChI is InChI=1S/C14H23ClN2O5/c1-13(2,3)22-12(19)16-9-5-8-14(10-16,17(20)21)7-4-6-11(15)18/h4-10H2,1-3H3. The summed E-state index contributed by atoms with van der Waals surface area (Å²) in [6.45, 7) is 5.70. The Morgan fingerprint density at radius 3 is 2.55 bits per heavy atom. The van der Waals surface area contributed by atoms with E-state index in [1.54, 1.807) is 20.8 Å². The van der Waals surface area contributed by atoms with Crippen molar-refractivity contribution in [2.75, 3.05) is 13.1 Å². The van der Waals surface area contributed by atoms with Crippen molar-refractivity contribution in [2.45, 2.75) is 64.0 Å². The first kappa shape index (κ1) is 18.7. The molecule has 0 radical (unpaired) electrons. The van der Waals surface area contributed by atoms with E-state index in [1.807, 2.05) is 0 Å². The van der Waals surface area contributed by atoms with E-state index in [0.29, 0.717) is 25.8 Å². The van der Waals surface area contributed by atoms with Crippen molar-refractivity contribution in [3.8, 4) is 0 Å². The number of likely N-dealkylation sites (tertiary alicyclic amines) is 1. The molecule has 0 spiro atoms. The summed E-state index contributed by atoms with van der Waals surface area (Å²) in [5, 5.41) is 11.0. The summed E-state index contributed by atoms with van der Waals surface area (Å²) in [5.74, 6) is 0. The molecule has 0 aromatic rings. The zero-order chi connectivity index (χ0) is 17.0. The number of halogens is 1. The lowest BCUT2D eigenvalue weighted by Crippen LogP contribution is -2.55. The molecule has 1 atom stereocenters. The van der Waals surface area contributed by atoms with Crippen molar-refractivity contribution in [3.63, 3.8) is 0 Å². The summed E-state index contributed by atoms with van der Waals surface area (Å²) in [6.07, 6.45) is 1.05. The van der Waals surface area contributed by atoms with Gasteiger partial charge in [0.2, 0.25) is 10.8 Å². The predicted octanol–water partition coefficient (Wildman–Crippen LogP) is 2.97. The average Bonchev–Trinajstić information content (AvgIpc) is 2.36. The van der Waals surface area contributed by atoms with Gasteiger partial charge in [0.05, 0.1) is 6.54 Å². The first-order chi connectivity index (χ1) is 10.1. The lowest BCUT2D eigenvalue weighted by atomic mass is 9.85. The average molecular weight is 335 g/mol. The van der Waals surface area contributed by atoms with Crippen LogP contribution in [0.25, 0.3) is 0 Å². The molecule has 1 amide bonds. The molecule has 0 aliphatic carbocycles. The normalized spacial score (nSPS) is 22.3. The van der Waals surface area contributed by atoms with Gasteiger partial charge < -0.3 is 9.64 Å². The number of nitro groups is 1. The Kier molecular flexibility index (Phi) is 6.17. The molecule has 0 aromatic heterocycles. The number of carbonyl (C=O) groups excluding carboxylic acids is 2. The lowest BCUT2D eigenvalue weighted by Gasteiger charge is -2.37. The van der Waals surface area contributed by atoms with Crippen molar-refractivity contribution in [2.24, 2.45) is 0 Å². The highest BCUT2D eigenvalue weighted by molar-refractivity contribution is 6.63. The molecule has 0 aromatic carbocycles. The van der Waals surface area contributed by atoms with Crippen LogP contribution in [0.1, 0.15) is 52.9 Å². The topological polar surface area (TPSA) is 89.8 Å². The third-order valence-electron chi connectivity index (χ3n) is 3.61. The van der Waals surface area contributed by atoms with E-state index < -0.39 is 22.5 Å². The summed E-state index contributed by atoms with van der Waals surface area (Å²) in [5.41, 5.74) is -1.86. The third-order valence-corrected chi connectivity index (χ3v) is 3.80. The van der Waals surface area contributed by atoms with Crippen molar-refractivity contribution < 1.29 is 19.2 Å². The SMILES string of the molecule is CC(C)(C)OC(=O)N1CCCC(CCCC(=O)Cl)([N+](=O)[O-])C1. The van der Waals surface area contributed by atoms with Gasteiger partial charge in [-0.25, -0.2) is 4.79 Å². The Morgan fingerprint density at radius 2 is 2.05 bits per heavy atom. The van der Waals surface area contributed by atoms with Gasteiger partial charge in [0.1, 0.15) is 5.60 Å². The molecule has 1 heterocycles. The number of carbonyl (C=O) groups is 2. The van der Waals surface area contributed by atoms with Crippen LogP contribution < -0.4 is 0 Å². The second-order valence-electron chi connectivity index (χ2n) is 6.70. The number of amides is 1. The van der Waals surface area contributed by atoms with E-state index in [4.69, 9.17) is 16.3 Å². The van der Waals surface area contributed by atoms with Gasteiger partial charge in [0, 0.05) is 30.7 Å². The zero-order valence-electron chi connectivity index (χ0n) is 13.3. The first-order valence-corrected chi connectivity index (χ1v) is 7.74. The second-order valence-corrected chi connectivity index (χ2v) is 7.12. The fourth-order valence-corrected chi connectivity index (χ4v) is 2.73. The summed E-state index contributed by atoms with van der Waals surface area (Å²) in [7, 11) is 0. The van der Waals surface area contributed by atoms with Crippen LogP contribution in [0.4, 0.5) is 4.79 Å². The van der Waals surface area contributed by atoms with E-state index in [-0.39, 0.29) is 24.3 Å². The Balaban J connectivity index is 2.76. The highest BCUT2D eigenvalue weighted by Crippen LogP contribution is 2.30. The quantitative estimate of drug-likeness (QED) is 0.438. The molecule has 0 bridgehead atoms. The minimum atomic E-state index is -1.22. The zero-order valence-corrected chi connectivity index (χ0v) is 14.0. The Labute approximate surface area is 135 Å². The molecule has 1 aliphatic rings. The van der Waals surface area contributed by atoms with E-state index in [2.05, 4.69) is 0 Å². The maximum atomic E-state index is 12.1. The van der Waals surface area contributed by atoms with Crippen LogP contribution in [0, 0.1) is 10.1 Å². The molecule has 1 fully saturated rings. The van der Waals surface area contributed by atoms with Gasteiger partial charge in [-0.3, -0.25) is 14.9 Å². The van der Waals surface area contributed by atoms with E-state index in [9.17, 15) is 19.7 Å². The number of rotatable bonds is 5. The van der Waals surface area contributed by atoms with Gasteiger partial charge in [-0.2, -0.15) is 0 Å². The molecule has 1 rings (SSSR count). The molecule has 22 heavy (non-hydrogen) atoms. The minimum absolute atomic E-state index is 0.00535. The third kappa shape index (κ3) is 5.44. The number of ether oxygens (including phenoxy) is 1. The first-order valence-electron chi connectivity index (χ1n) is 7.36. The molecular formula is C14H23ClN2O5. The fourth-order valence-electron chi connectivity index (χ4n) is 2.60. The van der Waals surface area contributed by atoms with Crippen molar-refractivity contribution in [1.82, 2.24) is 4.90 Å². The van der Waals surface area contributed by atoms with E-state index in [1.165, 1.54) is 4.90 Å². The van der Waals surface area contributed by atoms with Crippen molar-refractivity contribution in [1.29, 1.82) is 0 Å². The maximum absolute atomic E-state index is 12.1. The van der Waals surface area contributed by atoms with Gasteiger partial charge in [-0.1, -0.05) is 0 Å². The minimum Gasteiger partial charge on any atom is -0.444 e. The van der Waals surface area contributed by atoms with Crippen LogP contribution in [-0.2, 0) is 9.53 Å². The Hall–Kier alpha value is -1.37. The molecule has 8 heteroatoms. The van der Waals surface area contributed by atoms with E-state index >= 15 is 0 Å².